The summed E-state index contributed by atoms with van der Waals surface area (Å²) in [6.07, 6.45) is 2.27. The van der Waals surface area contributed by atoms with Crippen molar-refractivity contribution >= 4 is 34.1 Å². The number of rotatable bonds is 4. The van der Waals surface area contributed by atoms with E-state index in [1.807, 2.05) is 24.3 Å². The van der Waals surface area contributed by atoms with Crippen LogP contribution in [0.3, 0.4) is 0 Å². The summed E-state index contributed by atoms with van der Waals surface area (Å²) in [6.45, 7) is -0.227. The van der Waals surface area contributed by atoms with E-state index in [0.29, 0.717) is 23.6 Å². The fraction of sp³-hybridized carbons (Fsp3) is 0.333. The van der Waals surface area contributed by atoms with Crippen LogP contribution in [0.4, 0.5) is 0 Å². The average molecular weight is 333 g/mol. The molecule has 1 atom stereocenters. The Hall–Kier alpha value is -2.07. The van der Waals surface area contributed by atoms with Gasteiger partial charge < -0.3 is 9.47 Å². The van der Waals surface area contributed by atoms with Crippen molar-refractivity contribution in [1.82, 2.24) is 0 Å². The van der Waals surface area contributed by atoms with E-state index in [9.17, 15) is 9.59 Å². The lowest BCUT2D eigenvalue weighted by atomic mass is 9.96. The molecule has 0 spiro atoms. The number of ketones is 1. The lowest BCUT2D eigenvalue weighted by Gasteiger charge is -2.20. The predicted octanol–water partition coefficient (Wildman–Crippen LogP) is 3.93. The maximum absolute atomic E-state index is 11.9. The van der Waals surface area contributed by atoms with Gasteiger partial charge in [-0.1, -0.05) is 35.9 Å². The molecule has 3 rings (SSSR count). The van der Waals surface area contributed by atoms with E-state index in [1.54, 1.807) is 12.1 Å². The molecule has 1 fully saturated rings. The Morgan fingerprint density at radius 1 is 1.13 bits per heavy atom. The van der Waals surface area contributed by atoms with Gasteiger partial charge in [0.2, 0.25) is 0 Å². The number of esters is 1. The molecular weight excluding hydrogens is 316 g/mol. The fourth-order valence-electron chi connectivity index (χ4n) is 2.77. The number of hydrogen-bond donors (Lipinski definition) is 0. The van der Waals surface area contributed by atoms with Gasteiger partial charge in [-0.15, -0.1) is 0 Å². The van der Waals surface area contributed by atoms with Gasteiger partial charge in [-0.05, 0) is 31.4 Å². The summed E-state index contributed by atoms with van der Waals surface area (Å²) in [4.78, 5) is 23.6. The molecule has 5 heteroatoms. The van der Waals surface area contributed by atoms with E-state index in [2.05, 4.69) is 0 Å². The third-order valence-corrected chi connectivity index (χ3v) is 4.28. The number of Topliss-reactive ketones (excluding diaryl/α,β-unsaturated/α-hetero) is 1. The van der Waals surface area contributed by atoms with Gasteiger partial charge in [0.25, 0.3) is 0 Å². The zero-order valence-electron chi connectivity index (χ0n) is 12.6. The van der Waals surface area contributed by atoms with Gasteiger partial charge >= 0.3 is 5.97 Å². The van der Waals surface area contributed by atoms with Crippen LogP contribution in [0.25, 0.3) is 10.8 Å². The summed E-state index contributed by atoms with van der Waals surface area (Å²) in [5.74, 6) is 0.0442. The smallest absolute Gasteiger partial charge is 0.344 e. The number of fused-ring (bicyclic) bond motifs is 1. The van der Waals surface area contributed by atoms with Crippen molar-refractivity contribution in [2.24, 2.45) is 0 Å². The lowest BCUT2D eigenvalue weighted by molar-refractivity contribution is -0.158. The van der Waals surface area contributed by atoms with Crippen molar-refractivity contribution in [1.29, 1.82) is 0 Å². The van der Waals surface area contributed by atoms with Crippen LogP contribution >= 0.6 is 11.6 Å². The number of carbonyl (C=O) groups is 2. The Morgan fingerprint density at radius 2 is 1.91 bits per heavy atom. The molecule has 0 bridgehead atoms. The van der Waals surface area contributed by atoms with Gasteiger partial charge in [-0.25, -0.2) is 4.79 Å². The van der Waals surface area contributed by atoms with Crippen LogP contribution in [0.1, 0.15) is 25.7 Å². The molecule has 2 aromatic carbocycles. The minimum Gasteiger partial charge on any atom is -0.481 e. The molecule has 0 N–H and O–H groups in total. The van der Waals surface area contributed by atoms with Crippen molar-refractivity contribution in [2.75, 3.05) is 6.61 Å². The lowest BCUT2D eigenvalue weighted by Crippen LogP contribution is -2.32. The first-order chi connectivity index (χ1) is 11.1. The van der Waals surface area contributed by atoms with Crippen molar-refractivity contribution in [2.45, 2.75) is 31.8 Å². The molecule has 0 amide bonds. The average Bonchev–Trinajstić information content (AvgIpc) is 2.57. The number of ether oxygens (including phenoxy) is 2. The van der Waals surface area contributed by atoms with Crippen LogP contribution < -0.4 is 4.74 Å². The first-order valence-corrected chi connectivity index (χ1v) is 8.05. The monoisotopic (exact) mass is 332 g/mol. The zero-order chi connectivity index (χ0) is 16.2. The summed E-state index contributed by atoms with van der Waals surface area (Å²) in [5.41, 5.74) is 0. The molecule has 0 radical (unpaired) electrons. The number of benzene rings is 2. The summed E-state index contributed by atoms with van der Waals surface area (Å²) in [7, 11) is 0. The molecule has 0 aromatic heterocycles. The van der Waals surface area contributed by atoms with Gasteiger partial charge in [-0.2, -0.15) is 0 Å². The Balaban J connectivity index is 1.65. The standard InChI is InChI=1S/C18H17ClO4/c19-14-9-10-16(13-6-2-1-5-12(13)14)22-11-18(21)23-17-8-4-3-7-15(17)20/h1-2,5-6,9-10,17H,3-4,7-8,11H2/t17-/m0/s1. The summed E-state index contributed by atoms with van der Waals surface area (Å²) < 4.78 is 10.8. The molecule has 1 aliphatic rings. The topological polar surface area (TPSA) is 52.6 Å². The summed E-state index contributed by atoms with van der Waals surface area (Å²) in [6, 6.07) is 11.0. The van der Waals surface area contributed by atoms with Gasteiger partial charge in [0.15, 0.2) is 18.5 Å². The molecule has 0 unspecified atom stereocenters. The van der Waals surface area contributed by atoms with Crippen LogP contribution in [0.5, 0.6) is 5.75 Å². The highest BCUT2D eigenvalue weighted by Gasteiger charge is 2.25. The number of carbonyl (C=O) groups excluding carboxylic acids is 2. The summed E-state index contributed by atoms with van der Waals surface area (Å²) in [5, 5.41) is 2.33. The predicted molar refractivity (Wildman–Crippen MR) is 87.8 cm³/mol. The SMILES string of the molecule is O=C(COc1ccc(Cl)c2ccccc12)O[C@H]1CCCCC1=O. The summed E-state index contributed by atoms with van der Waals surface area (Å²) >= 11 is 6.15. The Bertz CT molecular complexity index is 741. The van der Waals surface area contributed by atoms with Crippen molar-refractivity contribution in [3.05, 3.63) is 41.4 Å². The molecule has 23 heavy (non-hydrogen) atoms. The van der Waals surface area contributed by atoms with Gasteiger partial charge in [0, 0.05) is 22.2 Å². The van der Waals surface area contributed by atoms with E-state index in [4.69, 9.17) is 21.1 Å². The second kappa shape index (κ2) is 7.01. The van der Waals surface area contributed by atoms with Crippen LogP contribution in [-0.2, 0) is 14.3 Å². The van der Waals surface area contributed by atoms with Gasteiger partial charge in [0.1, 0.15) is 5.75 Å². The number of halogens is 1. The molecule has 1 saturated carbocycles. The first-order valence-electron chi connectivity index (χ1n) is 7.67. The van der Waals surface area contributed by atoms with Crippen LogP contribution in [0.2, 0.25) is 5.02 Å². The maximum Gasteiger partial charge on any atom is 0.344 e. The van der Waals surface area contributed by atoms with E-state index in [-0.39, 0.29) is 12.4 Å². The Morgan fingerprint density at radius 3 is 2.70 bits per heavy atom. The molecule has 0 aliphatic heterocycles. The van der Waals surface area contributed by atoms with Crippen molar-refractivity contribution in [3.63, 3.8) is 0 Å². The molecule has 0 saturated heterocycles. The second-order valence-electron chi connectivity index (χ2n) is 5.57. The van der Waals surface area contributed by atoms with E-state index in [0.717, 1.165) is 23.6 Å². The third-order valence-electron chi connectivity index (χ3n) is 3.95. The second-order valence-corrected chi connectivity index (χ2v) is 5.98. The van der Waals surface area contributed by atoms with Crippen LogP contribution in [-0.4, -0.2) is 24.5 Å². The Labute approximate surface area is 139 Å². The zero-order valence-corrected chi connectivity index (χ0v) is 13.3. The third kappa shape index (κ3) is 3.64. The fourth-order valence-corrected chi connectivity index (χ4v) is 2.99. The highest BCUT2D eigenvalue weighted by Crippen LogP contribution is 2.31. The molecule has 1 aliphatic carbocycles. The van der Waals surface area contributed by atoms with Gasteiger partial charge in [0.05, 0.1) is 0 Å². The molecule has 0 heterocycles. The highest BCUT2D eigenvalue weighted by atomic mass is 35.5. The first kappa shape index (κ1) is 15.8. The highest BCUT2D eigenvalue weighted by molar-refractivity contribution is 6.35. The molecule has 4 nitrogen and oxygen atoms in total. The van der Waals surface area contributed by atoms with E-state index in [1.165, 1.54) is 0 Å². The molecule has 120 valence electrons. The van der Waals surface area contributed by atoms with Crippen LogP contribution in [0.15, 0.2) is 36.4 Å². The minimum absolute atomic E-state index is 0.00143. The molecule has 2 aromatic rings. The minimum atomic E-state index is -0.609. The van der Waals surface area contributed by atoms with Crippen LogP contribution in [0, 0.1) is 0 Å². The van der Waals surface area contributed by atoms with Crippen molar-refractivity contribution in [3.8, 4) is 5.75 Å². The number of hydrogen-bond acceptors (Lipinski definition) is 4. The van der Waals surface area contributed by atoms with E-state index < -0.39 is 12.1 Å². The van der Waals surface area contributed by atoms with Crippen molar-refractivity contribution < 1.29 is 19.1 Å². The molecular formula is C18H17ClO4. The normalized spacial score (nSPS) is 18.0. The Kier molecular flexibility index (Phi) is 4.82. The largest absolute Gasteiger partial charge is 0.481 e. The van der Waals surface area contributed by atoms with E-state index >= 15 is 0 Å². The quantitative estimate of drug-likeness (QED) is 0.796. The maximum atomic E-state index is 11.9. The van der Waals surface area contributed by atoms with Gasteiger partial charge in [-0.3, -0.25) is 4.79 Å².